The smallest absolute Gasteiger partial charge is 0.207 e. The zero-order valence-corrected chi connectivity index (χ0v) is 16.1. The van der Waals surface area contributed by atoms with Crippen molar-refractivity contribution in [1.82, 2.24) is 0 Å². The molecule has 0 amide bonds. The molecule has 5 nitrogen and oxygen atoms in total. The van der Waals surface area contributed by atoms with Crippen molar-refractivity contribution in [2.24, 2.45) is 0 Å². The first-order chi connectivity index (χ1) is 11.9. The van der Waals surface area contributed by atoms with Gasteiger partial charge in [0.2, 0.25) is 5.78 Å². The number of benzene rings is 2. The van der Waals surface area contributed by atoms with Crippen LogP contribution in [0.4, 0.5) is 0 Å². The van der Waals surface area contributed by atoms with E-state index in [2.05, 4.69) is 0 Å². The summed E-state index contributed by atoms with van der Waals surface area (Å²) >= 11 is 0. The first-order valence-electron chi connectivity index (χ1n) is 8.46. The molecule has 0 heterocycles. The fraction of sp³-hybridized carbons (Fsp3) is 0.381. The second-order valence-electron chi connectivity index (χ2n) is 8.06. The normalized spacial score (nSPS) is 11.9. The number of rotatable bonds is 4. The van der Waals surface area contributed by atoms with E-state index >= 15 is 0 Å². The van der Waals surface area contributed by atoms with Crippen molar-refractivity contribution >= 4 is 5.78 Å². The van der Waals surface area contributed by atoms with E-state index < -0.39 is 17.0 Å². The van der Waals surface area contributed by atoms with E-state index in [1.165, 1.54) is 12.1 Å². The molecule has 0 saturated carbocycles. The summed E-state index contributed by atoms with van der Waals surface area (Å²) < 4.78 is 11.7. The number of ketones is 1. The summed E-state index contributed by atoms with van der Waals surface area (Å²) in [6.07, 6.45) is 0. The third-order valence-corrected chi connectivity index (χ3v) is 3.29. The van der Waals surface area contributed by atoms with Crippen molar-refractivity contribution in [2.75, 3.05) is 0 Å². The van der Waals surface area contributed by atoms with E-state index in [4.69, 9.17) is 9.47 Å². The Bertz CT molecular complexity index is 743. The van der Waals surface area contributed by atoms with Crippen molar-refractivity contribution in [3.63, 3.8) is 0 Å². The Morgan fingerprint density at radius 2 is 1.08 bits per heavy atom. The van der Waals surface area contributed by atoms with E-state index in [0.29, 0.717) is 0 Å². The third kappa shape index (κ3) is 4.69. The summed E-state index contributed by atoms with van der Waals surface area (Å²) in [6, 6.07) is 9.25. The highest BCUT2D eigenvalue weighted by Crippen LogP contribution is 2.38. The van der Waals surface area contributed by atoms with Crippen LogP contribution >= 0.6 is 0 Å². The first kappa shape index (κ1) is 19.6. The zero-order valence-electron chi connectivity index (χ0n) is 16.1. The lowest BCUT2D eigenvalue weighted by molar-refractivity contribution is 0.0983. The molecule has 0 aliphatic heterocycles. The molecule has 0 spiro atoms. The molecule has 0 bridgehead atoms. The Kier molecular flexibility index (Phi) is 5.21. The van der Waals surface area contributed by atoms with Gasteiger partial charge in [0.1, 0.15) is 45.3 Å². The molecular formula is C21H26O5. The number of hydrogen-bond donors (Lipinski definition) is 2. The minimum atomic E-state index is -0.570. The number of phenols is 2. The Balaban J connectivity index is 2.61. The second kappa shape index (κ2) is 6.90. The SMILES string of the molecule is CC(C)(C)Oc1cccc(O)c1C(=O)c1c(O)cccc1OC(C)(C)C. The van der Waals surface area contributed by atoms with Crippen molar-refractivity contribution < 1.29 is 24.5 Å². The Morgan fingerprint density at radius 1 is 0.731 bits per heavy atom. The predicted molar refractivity (Wildman–Crippen MR) is 100 cm³/mol. The maximum Gasteiger partial charge on any atom is 0.207 e. The van der Waals surface area contributed by atoms with E-state index in [0.717, 1.165) is 0 Å². The number of carbonyl (C=O) groups is 1. The molecule has 0 unspecified atom stereocenters. The van der Waals surface area contributed by atoms with Crippen LogP contribution in [-0.2, 0) is 0 Å². The molecule has 0 aliphatic carbocycles. The molecule has 0 aliphatic rings. The van der Waals surface area contributed by atoms with Gasteiger partial charge in [0.05, 0.1) is 0 Å². The Labute approximate surface area is 154 Å². The zero-order chi connectivity index (χ0) is 19.7. The number of aromatic hydroxyl groups is 2. The Hall–Kier alpha value is -2.69. The van der Waals surface area contributed by atoms with Gasteiger partial charge in [-0.05, 0) is 65.8 Å². The molecule has 2 aromatic rings. The monoisotopic (exact) mass is 358 g/mol. The Morgan fingerprint density at radius 3 is 1.38 bits per heavy atom. The van der Waals surface area contributed by atoms with Gasteiger partial charge < -0.3 is 19.7 Å². The molecule has 140 valence electrons. The lowest BCUT2D eigenvalue weighted by Gasteiger charge is -2.25. The molecule has 26 heavy (non-hydrogen) atoms. The van der Waals surface area contributed by atoms with Gasteiger partial charge in [-0.25, -0.2) is 0 Å². The van der Waals surface area contributed by atoms with Gasteiger partial charge in [-0.15, -0.1) is 0 Å². The van der Waals surface area contributed by atoms with E-state index in [9.17, 15) is 15.0 Å². The van der Waals surface area contributed by atoms with Crippen LogP contribution < -0.4 is 9.47 Å². The molecule has 2 aromatic carbocycles. The minimum absolute atomic E-state index is 0.0114. The number of carbonyl (C=O) groups excluding carboxylic acids is 1. The van der Waals surface area contributed by atoms with E-state index in [1.807, 2.05) is 41.5 Å². The van der Waals surface area contributed by atoms with Crippen LogP contribution in [0.2, 0.25) is 0 Å². The second-order valence-corrected chi connectivity index (χ2v) is 8.06. The molecule has 0 fully saturated rings. The lowest BCUT2D eigenvalue weighted by Crippen LogP contribution is -2.25. The molecule has 5 heteroatoms. The van der Waals surface area contributed by atoms with Crippen molar-refractivity contribution in [3.8, 4) is 23.0 Å². The van der Waals surface area contributed by atoms with Crippen LogP contribution in [0.5, 0.6) is 23.0 Å². The fourth-order valence-electron chi connectivity index (χ4n) is 2.45. The average molecular weight is 358 g/mol. The van der Waals surface area contributed by atoms with Gasteiger partial charge in [-0.1, -0.05) is 12.1 Å². The van der Waals surface area contributed by atoms with Crippen LogP contribution in [-0.4, -0.2) is 27.2 Å². The molecule has 2 rings (SSSR count). The van der Waals surface area contributed by atoms with Gasteiger partial charge in [-0.3, -0.25) is 4.79 Å². The van der Waals surface area contributed by atoms with Gasteiger partial charge in [0.25, 0.3) is 0 Å². The largest absolute Gasteiger partial charge is 0.507 e. The number of phenolic OH excluding ortho intramolecular Hbond substituents is 2. The third-order valence-electron chi connectivity index (χ3n) is 3.29. The average Bonchev–Trinajstić information content (AvgIpc) is 2.43. The van der Waals surface area contributed by atoms with Crippen molar-refractivity contribution in [2.45, 2.75) is 52.7 Å². The minimum Gasteiger partial charge on any atom is -0.507 e. The van der Waals surface area contributed by atoms with E-state index in [-0.39, 0.29) is 34.1 Å². The number of hydrogen-bond acceptors (Lipinski definition) is 5. The lowest BCUT2D eigenvalue weighted by atomic mass is 9.99. The van der Waals surface area contributed by atoms with Crippen molar-refractivity contribution in [1.29, 1.82) is 0 Å². The van der Waals surface area contributed by atoms with Crippen molar-refractivity contribution in [3.05, 3.63) is 47.5 Å². The quantitative estimate of drug-likeness (QED) is 0.776. The molecule has 0 atom stereocenters. The van der Waals surface area contributed by atoms with Gasteiger partial charge in [0.15, 0.2) is 0 Å². The number of ether oxygens (including phenoxy) is 2. The van der Waals surface area contributed by atoms with Gasteiger partial charge >= 0.3 is 0 Å². The summed E-state index contributed by atoms with van der Waals surface area (Å²) in [4.78, 5) is 13.2. The maximum absolute atomic E-state index is 13.2. The highest BCUT2D eigenvalue weighted by atomic mass is 16.5. The topological polar surface area (TPSA) is 76.0 Å². The maximum atomic E-state index is 13.2. The van der Waals surface area contributed by atoms with Crippen LogP contribution in [0, 0.1) is 0 Å². The standard InChI is InChI=1S/C21H26O5/c1-20(2,3)25-15-11-7-9-13(22)17(15)19(24)18-14(23)10-8-12-16(18)26-21(4,5)6/h7-12,22-23H,1-6H3. The summed E-state index contributed by atoms with van der Waals surface area (Å²) in [7, 11) is 0. The highest BCUT2D eigenvalue weighted by molar-refractivity contribution is 6.15. The van der Waals surface area contributed by atoms with Crippen LogP contribution in [0.3, 0.4) is 0 Å². The van der Waals surface area contributed by atoms with Crippen LogP contribution in [0.25, 0.3) is 0 Å². The molecule has 0 aromatic heterocycles. The molecule has 2 N–H and O–H groups in total. The summed E-state index contributed by atoms with van der Waals surface area (Å²) in [5.74, 6) is -0.525. The van der Waals surface area contributed by atoms with Crippen LogP contribution in [0.15, 0.2) is 36.4 Å². The van der Waals surface area contributed by atoms with E-state index in [1.54, 1.807) is 24.3 Å². The summed E-state index contributed by atoms with van der Waals surface area (Å²) in [5.41, 5.74) is -1.15. The van der Waals surface area contributed by atoms with Gasteiger partial charge in [0, 0.05) is 0 Å². The highest BCUT2D eigenvalue weighted by Gasteiger charge is 2.28. The molecule has 0 saturated heterocycles. The van der Waals surface area contributed by atoms with Crippen LogP contribution in [0.1, 0.15) is 57.5 Å². The predicted octanol–water partition coefficient (Wildman–Crippen LogP) is 4.68. The molecular weight excluding hydrogens is 332 g/mol. The summed E-state index contributed by atoms with van der Waals surface area (Å²) in [6.45, 7) is 11.1. The first-order valence-corrected chi connectivity index (χ1v) is 8.46. The van der Waals surface area contributed by atoms with Gasteiger partial charge in [-0.2, -0.15) is 0 Å². The molecule has 0 radical (unpaired) electrons. The fourth-order valence-corrected chi connectivity index (χ4v) is 2.45. The summed E-state index contributed by atoms with van der Waals surface area (Å²) in [5, 5.41) is 20.6.